The summed E-state index contributed by atoms with van der Waals surface area (Å²) in [5.74, 6) is 0. The molecule has 0 aliphatic carbocycles. The molecule has 1 fully saturated rings. The molecule has 0 unspecified atom stereocenters. The second-order valence-electron chi connectivity index (χ2n) is 7.81. The average Bonchev–Trinajstić information content (AvgIpc) is 3.30. The number of benzene rings is 2. The third kappa shape index (κ3) is 5.62. The quantitative estimate of drug-likeness (QED) is 0.354. The third-order valence-corrected chi connectivity index (χ3v) is 5.07. The van der Waals surface area contributed by atoms with Crippen LogP contribution >= 0.6 is 0 Å². The minimum absolute atomic E-state index is 0.0748. The molecule has 1 saturated heterocycles. The Hall–Kier alpha value is -3.37. The lowest BCUT2D eigenvalue weighted by Gasteiger charge is -2.30. The summed E-state index contributed by atoms with van der Waals surface area (Å²) in [5.41, 5.74) is 3.32. The summed E-state index contributed by atoms with van der Waals surface area (Å²) in [5, 5.41) is 26.7. The van der Waals surface area contributed by atoms with E-state index in [-0.39, 0.29) is 23.1 Å². The van der Waals surface area contributed by atoms with Crippen LogP contribution in [0.25, 0.3) is 0 Å². The number of hydrogen-bond acceptors (Lipinski definition) is 8. The van der Waals surface area contributed by atoms with Crippen LogP contribution in [0, 0.1) is 25.6 Å². The summed E-state index contributed by atoms with van der Waals surface area (Å²) in [4.78, 5) is 21.0. The van der Waals surface area contributed by atoms with Gasteiger partial charge in [-0.2, -0.15) is 5.10 Å². The summed E-state index contributed by atoms with van der Waals surface area (Å²) >= 11 is 0. The molecule has 0 atom stereocenters. The number of nitrogens with zero attached hydrogens (tertiary/aromatic N) is 3. The van der Waals surface area contributed by atoms with E-state index >= 15 is 0 Å². The van der Waals surface area contributed by atoms with Crippen LogP contribution < -0.4 is 5.43 Å². The second kappa shape index (κ2) is 9.63. The van der Waals surface area contributed by atoms with E-state index in [0.717, 1.165) is 11.6 Å². The van der Waals surface area contributed by atoms with Crippen molar-refractivity contribution in [3.63, 3.8) is 0 Å². The van der Waals surface area contributed by atoms with Gasteiger partial charge in [0.15, 0.2) is 6.29 Å². The maximum Gasteiger partial charge on any atom is 0.301 e. The van der Waals surface area contributed by atoms with E-state index in [0.29, 0.717) is 31.8 Å². The SMILES string of the molecule is CC(C)(CCC(=NNc1ccc([N+](=O)[O-])cc1[N+](=O)[O-])c1ccccc1)C1OCCO1. The Balaban J connectivity index is 1.85. The molecule has 0 bridgehead atoms. The molecule has 1 aliphatic heterocycles. The standard InChI is InChI=1S/C21H24N4O6/c1-21(2,20-30-12-13-31-20)11-10-17(15-6-4-3-5-7-15)22-23-18-9-8-16(24(26)27)14-19(18)25(28)29/h3-9,14,20,23H,10-13H2,1-2H3. The summed E-state index contributed by atoms with van der Waals surface area (Å²) in [6.45, 7) is 5.25. The molecule has 0 saturated carbocycles. The third-order valence-electron chi connectivity index (χ3n) is 5.07. The zero-order valence-electron chi connectivity index (χ0n) is 17.3. The summed E-state index contributed by atoms with van der Waals surface area (Å²) in [6, 6.07) is 12.9. The van der Waals surface area contributed by atoms with Crippen molar-refractivity contribution in [2.45, 2.75) is 33.0 Å². The highest BCUT2D eigenvalue weighted by molar-refractivity contribution is 6.01. The maximum absolute atomic E-state index is 11.4. The van der Waals surface area contributed by atoms with Gasteiger partial charge < -0.3 is 9.47 Å². The molecule has 1 heterocycles. The van der Waals surface area contributed by atoms with Crippen molar-refractivity contribution in [2.24, 2.45) is 10.5 Å². The highest BCUT2D eigenvalue weighted by atomic mass is 16.7. The predicted molar refractivity (Wildman–Crippen MR) is 115 cm³/mol. The molecule has 0 aromatic heterocycles. The van der Waals surface area contributed by atoms with Gasteiger partial charge in [0, 0.05) is 11.5 Å². The fourth-order valence-electron chi connectivity index (χ4n) is 3.27. The van der Waals surface area contributed by atoms with Crippen molar-refractivity contribution in [1.82, 2.24) is 0 Å². The van der Waals surface area contributed by atoms with Crippen LogP contribution in [0.2, 0.25) is 0 Å². The Morgan fingerprint density at radius 3 is 2.39 bits per heavy atom. The van der Waals surface area contributed by atoms with E-state index < -0.39 is 15.5 Å². The van der Waals surface area contributed by atoms with Gasteiger partial charge >= 0.3 is 5.69 Å². The first-order chi connectivity index (χ1) is 14.8. The van der Waals surface area contributed by atoms with E-state index in [1.54, 1.807) is 0 Å². The van der Waals surface area contributed by atoms with Gasteiger partial charge in [-0.25, -0.2) is 0 Å². The molecule has 2 aromatic carbocycles. The average molecular weight is 428 g/mol. The zero-order chi connectivity index (χ0) is 22.4. The Kier molecular flexibility index (Phi) is 6.93. The summed E-state index contributed by atoms with van der Waals surface area (Å²) < 4.78 is 11.3. The van der Waals surface area contributed by atoms with E-state index in [9.17, 15) is 20.2 Å². The molecule has 1 N–H and O–H groups in total. The number of non-ortho nitro benzene ring substituents is 1. The van der Waals surface area contributed by atoms with E-state index in [1.807, 2.05) is 30.3 Å². The molecule has 1 aliphatic rings. The molecular weight excluding hydrogens is 404 g/mol. The van der Waals surface area contributed by atoms with Gasteiger partial charge in [0.25, 0.3) is 5.69 Å². The Labute approximate surface area is 179 Å². The van der Waals surface area contributed by atoms with E-state index in [2.05, 4.69) is 24.4 Å². The lowest BCUT2D eigenvalue weighted by molar-refractivity contribution is -0.393. The Morgan fingerprint density at radius 2 is 1.77 bits per heavy atom. The topological polar surface area (TPSA) is 129 Å². The van der Waals surface area contributed by atoms with Gasteiger partial charge in [0.2, 0.25) is 0 Å². The van der Waals surface area contributed by atoms with Crippen LogP contribution in [-0.4, -0.2) is 35.1 Å². The number of nitro groups is 2. The number of ether oxygens (including phenoxy) is 2. The molecule has 0 amide bonds. The van der Waals surface area contributed by atoms with Crippen LogP contribution in [0.3, 0.4) is 0 Å². The van der Waals surface area contributed by atoms with Crippen LogP contribution in [0.15, 0.2) is 53.6 Å². The normalized spacial score (nSPS) is 15.1. The fourth-order valence-corrected chi connectivity index (χ4v) is 3.27. The zero-order valence-corrected chi connectivity index (χ0v) is 17.3. The molecule has 10 heteroatoms. The van der Waals surface area contributed by atoms with Gasteiger partial charge in [-0.3, -0.25) is 25.7 Å². The predicted octanol–water partition coefficient (Wildman–Crippen LogP) is 4.50. The number of hydrogen-bond donors (Lipinski definition) is 1. The molecule has 0 spiro atoms. The molecule has 31 heavy (non-hydrogen) atoms. The molecular formula is C21H24N4O6. The van der Waals surface area contributed by atoms with Crippen LogP contribution in [0.5, 0.6) is 0 Å². The first kappa shape index (κ1) is 22.3. The monoisotopic (exact) mass is 428 g/mol. The first-order valence-corrected chi connectivity index (χ1v) is 9.82. The van der Waals surface area contributed by atoms with Crippen molar-refractivity contribution in [1.29, 1.82) is 0 Å². The molecule has 10 nitrogen and oxygen atoms in total. The van der Waals surface area contributed by atoms with Crippen molar-refractivity contribution >= 4 is 22.8 Å². The molecule has 2 aromatic rings. The van der Waals surface area contributed by atoms with Gasteiger partial charge in [-0.15, -0.1) is 0 Å². The number of nitrogens with one attached hydrogen (secondary N) is 1. The van der Waals surface area contributed by atoms with Gasteiger partial charge in [-0.1, -0.05) is 44.2 Å². The highest BCUT2D eigenvalue weighted by Crippen LogP contribution is 2.33. The Morgan fingerprint density at radius 1 is 1.10 bits per heavy atom. The van der Waals surface area contributed by atoms with E-state index in [4.69, 9.17) is 9.47 Å². The smallest absolute Gasteiger partial charge is 0.301 e. The largest absolute Gasteiger partial charge is 0.350 e. The summed E-state index contributed by atoms with van der Waals surface area (Å²) in [6.07, 6.45) is 0.969. The fraction of sp³-hybridized carbons (Fsp3) is 0.381. The number of anilines is 1. The van der Waals surface area contributed by atoms with Crippen molar-refractivity contribution < 1.29 is 19.3 Å². The number of hydrazone groups is 1. The van der Waals surface area contributed by atoms with Gasteiger partial charge in [-0.05, 0) is 24.5 Å². The highest BCUT2D eigenvalue weighted by Gasteiger charge is 2.34. The van der Waals surface area contributed by atoms with Crippen LogP contribution in [-0.2, 0) is 9.47 Å². The van der Waals surface area contributed by atoms with E-state index in [1.165, 1.54) is 12.1 Å². The Bertz CT molecular complexity index is 971. The van der Waals surface area contributed by atoms with Crippen molar-refractivity contribution in [2.75, 3.05) is 18.6 Å². The summed E-state index contributed by atoms with van der Waals surface area (Å²) in [7, 11) is 0. The molecule has 0 radical (unpaired) electrons. The van der Waals surface area contributed by atoms with Crippen molar-refractivity contribution in [3.05, 3.63) is 74.3 Å². The van der Waals surface area contributed by atoms with Crippen LogP contribution in [0.4, 0.5) is 17.1 Å². The maximum atomic E-state index is 11.4. The minimum Gasteiger partial charge on any atom is -0.350 e. The molecule has 3 rings (SSSR count). The van der Waals surface area contributed by atoms with Crippen LogP contribution in [0.1, 0.15) is 32.3 Å². The lowest BCUT2D eigenvalue weighted by atomic mass is 9.85. The minimum atomic E-state index is -0.676. The lowest BCUT2D eigenvalue weighted by Crippen LogP contribution is -2.31. The van der Waals surface area contributed by atoms with Gasteiger partial charge in [0.05, 0.1) is 34.8 Å². The number of rotatable bonds is 9. The first-order valence-electron chi connectivity index (χ1n) is 9.82. The van der Waals surface area contributed by atoms with Gasteiger partial charge in [0.1, 0.15) is 5.69 Å². The van der Waals surface area contributed by atoms with Crippen molar-refractivity contribution in [3.8, 4) is 0 Å². The number of nitro benzene ring substituents is 2. The second-order valence-corrected chi connectivity index (χ2v) is 7.81. The molecule has 164 valence electrons.